The van der Waals surface area contributed by atoms with Crippen LogP contribution in [-0.4, -0.2) is 95.8 Å². The zero-order valence-electron chi connectivity index (χ0n) is 26.4. The van der Waals surface area contributed by atoms with Crippen LogP contribution in [0.4, 0.5) is 0 Å². The number of thiocarbonyl (C=S) groups is 1. The molecule has 4 aromatic rings. The number of hydrogen-bond donors (Lipinski definition) is 1. The Balaban J connectivity index is 1.17. The summed E-state index contributed by atoms with van der Waals surface area (Å²) in [6, 6.07) is 20.5. The minimum atomic E-state index is -1.05. The van der Waals surface area contributed by atoms with Crippen molar-refractivity contribution >= 4 is 57.2 Å². The molecule has 0 atom stereocenters. The second-order valence-electron chi connectivity index (χ2n) is 11.2. The Hall–Kier alpha value is -4.49. The molecule has 0 unspecified atom stereocenters. The predicted octanol–water partition coefficient (Wildman–Crippen LogP) is 5.99. The minimum absolute atomic E-state index is 0.105. The number of aromatic nitrogens is 1. The molecule has 2 fully saturated rings. The van der Waals surface area contributed by atoms with Crippen LogP contribution >= 0.6 is 24.0 Å². The number of methoxy groups -OCH3 is 1. The van der Waals surface area contributed by atoms with Crippen LogP contribution in [0, 0.1) is 0 Å². The second kappa shape index (κ2) is 15.6. The van der Waals surface area contributed by atoms with Crippen LogP contribution in [0.25, 0.3) is 28.1 Å². The number of carbonyl (C=O) groups excluding carboxylic acids is 1. The molecule has 12 heteroatoms. The first kappa shape index (κ1) is 33.4. The average molecular weight is 686 g/mol. The summed E-state index contributed by atoms with van der Waals surface area (Å²) in [5.74, 6) is 0.211. The molecule has 6 rings (SSSR count). The third-order valence-corrected chi connectivity index (χ3v) is 9.43. The molecule has 1 amide bonds. The summed E-state index contributed by atoms with van der Waals surface area (Å²) in [5.41, 5.74) is 3.73. The van der Waals surface area contributed by atoms with E-state index in [1.807, 2.05) is 54.7 Å². The lowest BCUT2D eigenvalue weighted by Crippen LogP contribution is -2.38. The number of hydrogen-bond acceptors (Lipinski definition) is 10. The van der Waals surface area contributed by atoms with Gasteiger partial charge in [-0.05, 0) is 60.5 Å². The number of para-hydroxylation sites is 1. The topological polar surface area (TPSA) is 111 Å². The van der Waals surface area contributed by atoms with Crippen molar-refractivity contribution in [2.75, 3.05) is 59.7 Å². The van der Waals surface area contributed by atoms with Gasteiger partial charge in [-0.25, -0.2) is 4.79 Å². The average Bonchev–Trinajstić information content (AvgIpc) is 3.38. The van der Waals surface area contributed by atoms with E-state index in [2.05, 4.69) is 16.0 Å². The predicted molar refractivity (Wildman–Crippen MR) is 190 cm³/mol. The fourth-order valence-corrected chi connectivity index (χ4v) is 6.77. The number of ether oxygens (including phenoxy) is 4. The van der Waals surface area contributed by atoms with Crippen molar-refractivity contribution in [2.45, 2.75) is 6.42 Å². The number of carbonyl (C=O) groups is 2. The van der Waals surface area contributed by atoms with Crippen LogP contribution in [0.15, 0.2) is 77.8 Å². The highest BCUT2D eigenvalue weighted by Gasteiger charge is 2.32. The van der Waals surface area contributed by atoms with Crippen molar-refractivity contribution in [3.63, 3.8) is 0 Å². The molecular weight excluding hydrogens is 651 g/mol. The number of fused-ring (bicyclic) bond motifs is 1. The number of carboxylic acids is 1. The van der Waals surface area contributed by atoms with E-state index in [-0.39, 0.29) is 18.1 Å². The Kier molecular flexibility index (Phi) is 10.9. The molecule has 1 N–H and O–H groups in total. The first-order valence-electron chi connectivity index (χ1n) is 15.6. The van der Waals surface area contributed by atoms with Crippen LogP contribution in [0.1, 0.15) is 22.3 Å². The molecular formula is C36H35N3O7S2. The van der Waals surface area contributed by atoms with Gasteiger partial charge in [0.15, 0.2) is 11.5 Å². The minimum Gasteiger partial charge on any atom is -0.493 e. The molecule has 48 heavy (non-hydrogen) atoms. The van der Waals surface area contributed by atoms with Gasteiger partial charge in [0.05, 0.1) is 42.9 Å². The van der Waals surface area contributed by atoms with Crippen molar-refractivity contribution in [1.29, 1.82) is 0 Å². The molecule has 1 aromatic heterocycles. The molecule has 0 spiro atoms. The van der Waals surface area contributed by atoms with E-state index >= 15 is 0 Å². The lowest BCUT2D eigenvalue weighted by atomic mass is 10.0. The Morgan fingerprint density at radius 3 is 2.58 bits per heavy atom. The molecule has 248 valence electrons. The smallest absolute Gasteiger partial charge is 0.335 e. The molecule has 3 heterocycles. The lowest BCUT2D eigenvalue weighted by molar-refractivity contribution is -0.122. The zero-order valence-corrected chi connectivity index (χ0v) is 28.1. The molecule has 2 saturated heterocycles. The van der Waals surface area contributed by atoms with Crippen molar-refractivity contribution < 1.29 is 33.6 Å². The monoisotopic (exact) mass is 685 g/mol. The molecule has 0 radical (unpaired) electrons. The van der Waals surface area contributed by atoms with Crippen LogP contribution < -0.4 is 14.2 Å². The number of carboxylic acid groups (broad SMARTS) is 1. The van der Waals surface area contributed by atoms with Crippen LogP contribution in [0.5, 0.6) is 17.2 Å². The Bertz CT molecular complexity index is 1860. The number of amides is 1. The number of morpholine rings is 1. The molecule has 0 bridgehead atoms. The SMILES string of the molecule is COc1cc(C(=O)O)ccc1OCCCN1C(=O)C(=Cc2cc(-c3cnc4ccccc4c3)ccc2OCCN2CCOCC2)SC1=S. The van der Waals surface area contributed by atoms with Gasteiger partial charge in [0.25, 0.3) is 5.91 Å². The number of benzene rings is 3. The summed E-state index contributed by atoms with van der Waals surface area (Å²) in [6.07, 6.45) is 4.22. The van der Waals surface area contributed by atoms with Gasteiger partial charge in [-0.1, -0.05) is 48.2 Å². The maximum absolute atomic E-state index is 13.6. The van der Waals surface area contributed by atoms with Gasteiger partial charge < -0.3 is 24.1 Å². The van der Waals surface area contributed by atoms with Gasteiger partial charge in [-0.2, -0.15) is 0 Å². The standard InChI is InChI=1S/C36H35N3O7S2/c1-43-32-21-26(35(41)42)8-10-31(32)45-15-4-11-39-34(40)33(48-36(39)47)22-27-19-24(28-20-25-5-2-3-6-29(25)37-23-28)7-9-30(27)46-18-14-38-12-16-44-17-13-38/h2-3,5-10,19-23H,4,11-18H2,1H3,(H,41,42). The third kappa shape index (κ3) is 7.96. The molecule has 2 aliphatic heterocycles. The summed E-state index contributed by atoms with van der Waals surface area (Å²) < 4.78 is 23.4. The maximum atomic E-state index is 13.6. The van der Waals surface area contributed by atoms with E-state index in [1.54, 1.807) is 11.0 Å². The second-order valence-corrected chi connectivity index (χ2v) is 12.9. The Morgan fingerprint density at radius 2 is 1.77 bits per heavy atom. The summed E-state index contributed by atoms with van der Waals surface area (Å²) in [5, 5.41) is 10.3. The van der Waals surface area contributed by atoms with E-state index < -0.39 is 5.97 Å². The van der Waals surface area contributed by atoms with Crippen molar-refractivity contribution in [1.82, 2.24) is 14.8 Å². The first-order valence-corrected chi connectivity index (χ1v) is 16.8. The molecule has 10 nitrogen and oxygen atoms in total. The quantitative estimate of drug-likeness (QED) is 0.102. The van der Waals surface area contributed by atoms with E-state index in [9.17, 15) is 14.7 Å². The largest absolute Gasteiger partial charge is 0.493 e. The number of thioether (sulfide) groups is 1. The van der Waals surface area contributed by atoms with Gasteiger partial charge in [0.1, 0.15) is 16.7 Å². The number of pyridine rings is 1. The van der Waals surface area contributed by atoms with Crippen molar-refractivity contribution in [2.24, 2.45) is 0 Å². The van der Waals surface area contributed by atoms with E-state index in [0.29, 0.717) is 46.0 Å². The van der Waals surface area contributed by atoms with Gasteiger partial charge in [-0.15, -0.1) is 0 Å². The van der Waals surface area contributed by atoms with Crippen molar-refractivity contribution in [3.8, 4) is 28.4 Å². The van der Waals surface area contributed by atoms with Crippen LogP contribution in [0.2, 0.25) is 0 Å². The Labute approximate surface area is 288 Å². The first-order chi connectivity index (χ1) is 23.4. The number of rotatable bonds is 13. The van der Waals surface area contributed by atoms with Gasteiger partial charge in [0, 0.05) is 48.9 Å². The van der Waals surface area contributed by atoms with Gasteiger partial charge >= 0.3 is 5.97 Å². The zero-order chi connectivity index (χ0) is 33.5. The summed E-state index contributed by atoms with van der Waals surface area (Å²) in [7, 11) is 1.45. The van der Waals surface area contributed by atoms with Gasteiger partial charge in [-0.3, -0.25) is 19.6 Å². The summed E-state index contributed by atoms with van der Waals surface area (Å²) >= 11 is 6.87. The van der Waals surface area contributed by atoms with E-state index in [1.165, 1.54) is 31.0 Å². The van der Waals surface area contributed by atoms with Crippen molar-refractivity contribution in [3.05, 3.63) is 89.0 Å². The summed E-state index contributed by atoms with van der Waals surface area (Å²) in [6.45, 7) is 5.13. The molecule has 3 aromatic carbocycles. The maximum Gasteiger partial charge on any atom is 0.335 e. The molecule has 0 aliphatic carbocycles. The normalized spacial score (nSPS) is 16.1. The highest BCUT2D eigenvalue weighted by Crippen LogP contribution is 2.36. The van der Waals surface area contributed by atoms with E-state index in [0.717, 1.165) is 60.4 Å². The highest BCUT2D eigenvalue weighted by molar-refractivity contribution is 8.26. The number of nitrogens with zero attached hydrogens (tertiary/aromatic N) is 3. The van der Waals surface area contributed by atoms with Gasteiger partial charge in [0.2, 0.25) is 0 Å². The van der Waals surface area contributed by atoms with E-state index in [4.69, 9.17) is 31.2 Å². The molecule has 2 aliphatic rings. The third-order valence-electron chi connectivity index (χ3n) is 8.06. The Morgan fingerprint density at radius 1 is 0.979 bits per heavy atom. The van der Waals surface area contributed by atoms with Crippen LogP contribution in [-0.2, 0) is 9.53 Å². The highest BCUT2D eigenvalue weighted by atomic mass is 32.2. The fraction of sp³-hybridized carbons (Fsp3) is 0.278. The van der Waals surface area contributed by atoms with Crippen LogP contribution in [0.3, 0.4) is 0 Å². The molecule has 0 saturated carbocycles. The lowest BCUT2D eigenvalue weighted by Gasteiger charge is -2.26. The fourth-order valence-electron chi connectivity index (χ4n) is 5.47. The summed E-state index contributed by atoms with van der Waals surface area (Å²) in [4.78, 5) is 33.9. The number of aromatic carboxylic acids is 1.